The molecule has 0 aromatic heterocycles. The van der Waals surface area contributed by atoms with E-state index in [0.29, 0.717) is 11.5 Å². The maximum Gasteiger partial charge on any atom is 0.190 e. The second kappa shape index (κ2) is 10.0. The molecule has 1 N–H and O–H groups in total. The molecule has 2 aliphatic rings. The van der Waals surface area contributed by atoms with Crippen LogP contribution in [0.1, 0.15) is 38.8 Å². The zero-order valence-corrected chi connectivity index (χ0v) is 21.2. The number of nitrogens with one attached hydrogen (secondary N) is 1. The van der Waals surface area contributed by atoms with Crippen LogP contribution in [0.4, 0.5) is 0 Å². The van der Waals surface area contributed by atoms with Gasteiger partial charge in [0.25, 0.3) is 0 Å². The Kier molecular flexibility index (Phi) is 7.47. The Hall–Kier alpha value is -1.81. The van der Waals surface area contributed by atoms with Gasteiger partial charge in [-0.2, -0.15) is 0 Å². The van der Waals surface area contributed by atoms with Crippen LogP contribution in [-0.4, -0.2) is 56.6 Å². The SMILES string of the molecule is Cc1ccc(S(=O)(=O)C[C@H](NC(C)C)[C@H]2O[C@@H]3OC(C)(C)O[C@@H]3[C@H]2OCc2ccccc2)cc1. The van der Waals surface area contributed by atoms with Crippen molar-refractivity contribution in [3.05, 3.63) is 65.7 Å². The van der Waals surface area contributed by atoms with Crippen molar-refractivity contribution in [2.75, 3.05) is 5.75 Å². The van der Waals surface area contributed by atoms with Gasteiger partial charge in [-0.1, -0.05) is 61.9 Å². The fraction of sp³-hybridized carbons (Fsp3) is 0.538. The third kappa shape index (κ3) is 5.87. The lowest BCUT2D eigenvalue weighted by Crippen LogP contribution is -2.53. The van der Waals surface area contributed by atoms with Crippen LogP contribution in [0, 0.1) is 6.92 Å². The van der Waals surface area contributed by atoms with Crippen LogP contribution in [-0.2, 0) is 35.4 Å². The van der Waals surface area contributed by atoms with Crippen molar-refractivity contribution in [2.24, 2.45) is 0 Å². The van der Waals surface area contributed by atoms with Gasteiger partial charge in [0.15, 0.2) is 21.9 Å². The quantitative estimate of drug-likeness (QED) is 0.576. The largest absolute Gasteiger partial charge is 0.368 e. The maximum atomic E-state index is 13.3. The van der Waals surface area contributed by atoms with E-state index in [0.717, 1.165) is 11.1 Å². The molecule has 4 rings (SSSR count). The molecule has 186 valence electrons. The minimum atomic E-state index is -3.58. The molecule has 8 heteroatoms. The minimum absolute atomic E-state index is 0.0373. The molecule has 0 unspecified atom stereocenters. The van der Waals surface area contributed by atoms with Gasteiger partial charge in [-0.3, -0.25) is 0 Å². The number of ether oxygens (including phenoxy) is 4. The monoisotopic (exact) mass is 489 g/mol. The first-order valence-electron chi connectivity index (χ1n) is 11.8. The van der Waals surface area contributed by atoms with Crippen molar-refractivity contribution < 1.29 is 27.4 Å². The first-order chi connectivity index (χ1) is 16.0. The van der Waals surface area contributed by atoms with E-state index < -0.39 is 46.3 Å². The Morgan fingerprint density at radius 3 is 2.35 bits per heavy atom. The van der Waals surface area contributed by atoms with Crippen LogP contribution in [0.25, 0.3) is 0 Å². The highest BCUT2D eigenvalue weighted by Crippen LogP contribution is 2.40. The first kappa shape index (κ1) is 25.3. The van der Waals surface area contributed by atoms with Gasteiger partial charge >= 0.3 is 0 Å². The predicted octanol–water partition coefficient (Wildman–Crippen LogP) is 3.60. The lowest BCUT2D eigenvalue weighted by atomic mass is 10.0. The minimum Gasteiger partial charge on any atom is -0.368 e. The van der Waals surface area contributed by atoms with Crippen molar-refractivity contribution in [3.63, 3.8) is 0 Å². The summed E-state index contributed by atoms with van der Waals surface area (Å²) >= 11 is 0. The molecular weight excluding hydrogens is 454 g/mol. The molecule has 2 aliphatic heterocycles. The number of hydrogen-bond donors (Lipinski definition) is 1. The standard InChI is InChI=1S/C26H35NO6S/c1-17(2)27-21(16-34(28,29)20-13-11-18(3)12-14-20)22-23(30-15-19-9-7-6-8-10-19)24-25(31-22)33-26(4,5)32-24/h6-14,17,21-25,27H,15-16H2,1-5H3/t21-,22+,23-,24+,25+/m0/s1. The van der Waals surface area contributed by atoms with Crippen molar-refractivity contribution in [1.29, 1.82) is 0 Å². The molecule has 0 saturated carbocycles. The summed E-state index contributed by atoms with van der Waals surface area (Å²) in [5.41, 5.74) is 2.03. The number of aryl methyl sites for hydroxylation is 1. The molecule has 0 bridgehead atoms. The van der Waals surface area contributed by atoms with Crippen LogP contribution in [0.5, 0.6) is 0 Å². The van der Waals surface area contributed by atoms with Crippen LogP contribution in [0.2, 0.25) is 0 Å². The van der Waals surface area contributed by atoms with E-state index >= 15 is 0 Å². The molecule has 2 fully saturated rings. The molecule has 7 nitrogen and oxygen atoms in total. The first-order valence-corrected chi connectivity index (χ1v) is 13.4. The number of hydrogen-bond acceptors (Lipinski definition) is 7. The van der Waals surface area contributed by atoms with Crippen molar-refractivity contribution in [3.8, 4) is 0 Å². The fourth-order valence-corrected chi connectivity index (χ4v) is 6.03. The maximum absolute atomic E-state index is 13.3. The molecule has 0 spiro atoms. The van der Waals surface area contributed by atoms with E-state index in [4.69, 9.17) is 18.9 Å². The lowest BCUT2D eigenvalue weighted by molar-refractivity contribution is -0.222. The molecule has 34 heavy (non-hydrogen) atoms. The lowest BCUT2D eigenvalue weighted by Gasteiger charge is -2.32. The number of sulfone groups is 1. The van der Waals surface area contributed by atoms with Gasteiger partial charge < -0.3 is 24.3 Å². The van der Waals surface area contributed by atoms with Gasteiger partial charge in [-0.15, -0.1) is 0 Å². The molecular formula is C26H35NO6S. The molecule has 0 radical (unpaired) electrons. The molecule has 2 aromatic rings. The molecule has 2 saturated heterocycles. The second-order valence-corrected chi connectivity index (χ2v) is 11.9. The van der Waals surface area contributed by atoms with E-state index in [2.05, 4.69) is 5.32 Å². The zero-order valence-electron chi connectivity index (χ0n) is 20.4. The van der Waals surface area contributed by atoms with Crippen LogP contribution < -0.4 is 5.32 Å². The van der Waals surface area contributed by atoms with Gasteiger partial charge in [-0.25, -0.2) is 8.42 Å². The molecule has 2 heterocycles. The predicted molar refractivity (Wildman–Crippen MR) is 129 cm³/mol. The Morgan fingerprint density at radius 1 is 1.03 bits per heavy atom. The van der Waals surface area contributed by atoms with Gasteiger partial charge in [0.1, 0.15) is 18.3 Å². The van der Waals surface area contributed by atoms with E-state index in [1.807, 2.05) is 77.1 Å². The van der Waals surface area contributed by atoms with Gasteiger partial charge in [-0.05, 0) is 38.5 Å². The van der Waals surface area contributed by atoms with E-state index in [-0.39, 0.29) is 11.8 Å². The smallest absolute Gasteiger partial charge is 0.190 e. The van der Waals surface area contributed by atoms with Gasteiger partial charge in [0.05, 0.1) is 23.3 Å². The summed E-state index contributed by atoms with van der Waals surface area (Å²) in [6.45, 7) is 9.93. The number of fused-ring (bicyclic) bond motifs is 1. The highest BCUT2D eigenvalue weighted by molar-refractivity contribution is 7.91. The molecule has 2 aromatic carbocycles. The third-order valence-electron chi connectivity index (χ3n) is 6.04. The third-order valence-corrected chi connectivity index (χ3v) is 7.82. The van der Waals surface area contributed by atoms with E-state index in [1.165, 1.54) is 0 Å². The van der Waals surface area contributed by atoms with Crippen molar-refractivity contribution in [1.82, 2.24) is 5.32 Å². The van der Waals surface area contributed by atoms with Crippen LogP contribution >= 0.6 is 0 Å². The van der Waals surface area contributed by atoms with E-state index in [1.54, 1.807) is 12.1 Å². The summed E-state index contributed by atoms with van der Waals surface area (Å²) in [7, 11) is -3.58. The summed E-state index contributed by atoms with van der Waals surface area (Å²) < 4.78 is 51.4. The van der Waals surface area contributed by atoms with Gasteiger partial charge in [0, 0.05) is 6.04 Å². The average molecular weight is 490 g/mol. The Bertz CT molecular complexity index is 1050. The Morgan fingerprint density at radius 2 is 1.71 bits per heavy atom. The fourth-order valence-electron chi connectivity index (χ4n) is 4.53. The zero-order chi connectivity index (χ0) is 24.5. The van der Waals surface area contributed by atoms with Crippen molar-refractivity contribution >= 4 is 9.84 Å². The molecule has 0 aliphatic carbocycles. The number of benzene rings is 2. The highest BCUT2D eigenvalue weighted by Gasteiger charge is 2.57. The Balaban J connectivity index is 1.59. The topological polar surface area (TPSA) is 83.1 Å². The van der Waals surface area contributed by atoms with Crippen LogP contribution in [0.3, 0.4) is 0 Å². The van der Waals surface area contributed by atoms with E-state index in [9.17, 15) is 8.42 Å². The molecule has 5 atom stereocenters. The normalized spacial score (nSPS) is 27.1. The summed E-state index contributed by atoms with van der Waals surface area (Å²) in [4.78, 5) is 0.294. The Labute approximate surface area is 202 Å². The van der Waals surface area contributed by atoms with Crippen molar-refractivity contribution in [2.45, 2.75) is 88.6 Å². The molecule has 0 amide bonds. The summed E-state index contributed by atoms with van der Waals surface area (Å²) in [5, 5.41) is 3.40. The highest BCUT2D eigenvalue weighted by atomic mass is 32.2. The second-order valence-electron chi connectivity index (χ2n) is 9.85. The van der Waals surface area contributed by atoms with Gasteiger partial charge in [0.2, 0.25) is 0 Å². The summed E-state index contributed by atoms with van der Waals surface area (Å²) in [6.07, 6.45) is -2.16. The summed E-state index contributed by atoms with van der Waals surface area (Å²) in [5.74, 6) is -0.934. The van der Waals surface area contributed by atoms with Crippen LogP contribution in [0.15, 0.2) is 59.5 Å². The number of rotatable bonds is 9. The summed E-state index contributed by atoms with van der Waals surface area (Å²) in [6, 6.07) is 16.3. The average Bonchev–Trinajstić information content (AvgIpc) is 3.24.